The van der Waals surface area contributed by atoms with Gasteiger partial charge in [0, 0.05) is 29.7 Å². The zero-order chi connectivity index (χ0) is 27.0. The lowest BCUT2D eigenvalue weighted by Crippen LogP contribution is -2.63. The second kappa shape index (κ2) is 8.36. The van der Waals surface area contributed by atoms with Crippen LogP contribution < -0.4 is 15.8 Å². The number of carbonyl (C=O) groups excluding carboxylic acids is 1. The Morgan fingerprint density at radius 1 is 1.05 bits per heavy atom. The Morgan fingerprint density at radius 2 is 1.76 bits per heavy atom. The highest BCUT2D eigenvalue weighted by molar-refractivity contribution is 5.82. The second-order valence-electron chi connectivity index (χ2n) is 13.7. The summed E-state index contributed by atoms with van der Waals surface area (Å²) in [6.45, 7) is 17.1. The van der Waals surface area contributed by atoms with Gasteiger partial charge in [-0.3, -0.25) is 4.79 Å². The van der Waals surface area contributed by atoms with E-state index in [1.54, 1.807) is 13.2 Å². The molecule has 0 aliphatic heterocycles. The average Bonchev–Trinajstić information content (AvgIpc) is 2.86. The molecule has 37 heavy (non-hydrogen) atoms. The Hall–Kier alpha value is -2.27. The first-order valence-electron chi connectivity index (χ1n) is 14.0. The van der Waals surface area contributed by atoms with Crippen LogP contribution in [-0.4, -0.2) is 36.4 Å². The van der Waals surface area contributed by atoms with Gasteiger partial charge in [0.05, 0.1) is 6.61 Å². The molecular formula is C32H45NO4. The van der Waals surface area contributed by atoms with Crippen molar-refractivity contribution in [3.63, 3.8) is 0 Å². The smallest absolute Gasteiger partial charge is 0.226 e. The number of phenols is 2. The summed E-state index contributed by atoms with van der Waals surface area (Å²) in [7, 11) is 1.66. The Labute approximate surface area is 221 Å². The van der Waals surface area contributed by atoms with Crippen molar-refractivity contribution in [1.29, 1.82) is 0 Å². The van der Waals surface area contributed by atoms with Crippen LogP contribution in [0.1, 0.15) is 85.1 Å². The van der Waals surface area contributed by atoms with Crippen molar-refractivity contribution >= 4 is 18.6 Å². The fraction of sp³-hybridized carbons (Fsp3) is 0.656. The quantitative estimate of drug-likeness (QED) is 0.409. The number of ether oxygens (including phenoxy) is 1. The number of methoxy groups -OCH3 is 1. The Balaban J connectivity index is 1.56. The van der Waals surface area contributed by atoms with E-state index in [4.69, 9.17) is 4.74 Å². The molecule has 0 radical (unpaired) electrons. The summed E-state index contributed by atoms with van der Waals surface area (Å²) in [4.78, 5) is 13.4. The maximum atomic E-state index is 13.4. The van der Waals surface area contributed by atoms with Gasteiger partial charge in [0.15, 0.2) is 11.5 Å². The van der Waals surface area contributed by atoms with E-state index in [1.165, 1.54) is 5.57 Å². The van der Waals surface area contributed by atoms with Crippen LogP contribution in [0, 0.1) is 27.6 Å². The summed E-state index contributed by atoms with van der Waals surface area (Å²) in [5, 5.41) is 25.4. The number of phenolic OH excluding ortho intramolecular Hbond substituents is 2. The fourth-order valence-corrected chi connectivity index (χ4v) is 9.05. The first kappa shape index (κ1) is 26.3. The summed E-state index contributed by atoms with van der Waals surface area (Å²) in [6.07, 6.45) is 11.6. The number of carbonyl (C=O) groups is 1. The van der Waals surface area contributed by atoms with Gasteiger partial charge < -0.3 is 20.3 Å². The van der Waals surface area contributed by atoms with Crippen LogP contribution in [-0.2, 0) is 14.9 Å². The van der Waals surface area contributed by atoms with Crippen LogP contribution in [0.4, 0.5) is 0 Å². The maximum Gasteiger partial charge on any atom is 0.226 e. The molecule has 5 rings (SSSR count). The number of rotatable bonds is 4. The lowest BCUT2D eigenvalue weighted by molar-refractivity contribution is -0.167. The minimum absolute atomic E-state index is 0.0298. The van der Waals surface area contributed by atoms with Crippen molar-refractivity contribution in [3.05, 3.63) is 33.7 Å². The molecule has 0 bridgehead atoms. The van der Waals surface area contributed by atoms with E-state index in [0.717, 1.165) is 55.7 Å². The first-order chi connectivity index (χ1) is 17.3. The molecule has 202 valence electrons. The van der Waals surface area contributed by atoms with Crippen LogP contribution in [0.15, 0.2) is 17.7 Å². The van der Waals surface area contributed by atoms with Gasteiger partial charge in [0.1, 0.15) is 0 Å². The number of fused-ring (bicyclic) bond motifs is 7. The fourth-order valence-electron chi connectivity index (χ4n) is 9.05. The van der Waals surface area contributed by atoms with Crippen molar-refractivity contribution < 1.29 is 19.7 Å². The molecule has 1 aromatic carbocycles. The number of hydrogen-bond acceptors (Lipinski definition) is 4. The predicted octanol–water partition coefficient (Wildman–Crippen LogP) is 4.66. The SMILES string of the molecule is C=c1c(O)c(O)cc2c1=CC=C1[C@@]2(C)CC[C@@]2(C)[C@@H]3C[C@](C)(C(=O)NCCOC)CC[C@]3(C)CC[C@]12C. The molecule has 1 amide bonds. The highest BCUT2D eigenvalue weighted by atomic mass is 16.5. The largest absolute Gasteiger partial charge is 0.504 e. The van der Waals surface area contributed by atoms with Crippen molar-refractivity contribution in [1.82, 2.24) is 5.32 Å². The zero-order valence-electron chi connectivity index (χ0n) is 23.6. The van der Waals surface area contributed by atoms with E-state index in [9.17, 15) is 15.0 Å². The summed E-state index contributed by atoms with van der Waals surface area (Å²) >= 11 is 0. The van der Waals surface area contributed by atoms with E-state index in [2.05, 4.69) is 58.7 Å². The third kappa shape index (κ3) is 3.48. The summed E-state index contributed by atoms with van der Waals surface area (Å²) in [5.41, 5.74) is 2.17. The molecule has 5 nitrogen and oxygen atoms in total. The molecular weight excluding hydrogens is 462 g/mol. The number of hydrogen-bond donors (Lipinski definition) is 3. The minimum Gasteiger partial charge on any atom is -0.504 e. The van der Waals surface area contributed by atoms with Gasteiger partial charge in [0.2, 0.25) is 5.91 Å². The number of nitrogens with one attached hydrogen (secondary N) is 1. The normalized spacial score (nSPS) is 40.3. The number of allylic oxidation sites excluding steroid dienone is 2. The molecule has 5 heteroatoms. The molecule has 1 aromatic rings. The van der Waals surface area contributed by atoms with E-state index < -0.39 is 0 Å². The Bertz CT molecular complexity index is 1280. The lowest BCUT2D eigenvalue weighted by Gasteiger charge is -2.69. The molecule has 0 aromatic heterocycles. The van der Waals surface area contributed by atoms with Crippen molar-refractivity contribution in [2.24, 2.45) is 27.6 Å². The second-order valence-corrected chi connectivity index (χ2v) is 13.7. The highest BCUT2D eigenvalue weighted by Gasteiger charge is 2.66. The van der Waals surface area contributed by atoms with Gasteiger partial charge in [-0.15, -0.1) is 0 Å². The molecule has 0 unspecified atom stereocenters. The van der Waals surface area contributed by atoms with Gasteiger partial charge in [-0.25, -0.2) is 0 Å². The molecule has 3 saturated carbocycles. The molecule has 3 fully saturated rings. The van der Waals surface area contributed by atoms with Crippen LogP contribution in [0.2, 0.25) is 0 Å². The summed E-state index contributed by atoms with van der Waals surface area (Å²) in [6, 6.07) is 1.77. The van der Waals surface area contributed by atoms with Gasteiger partial charge in [-0.2, -0.15) is 0 Å². The first-order valence-corrected chi connectivity index (χ1v) is 14.0. The molecule has 0 heterocycles. The van der Waals surface area contributed by atoms with E-state index in [-0.39, 0.29) is 44.5 Å². The Kier molecular flexibility index (Phi) is 5.95. The summed E-state index contributed by atoms with van der Waals surface area (Å²) < 4.78 is 5.16. The standard InChI is InChI=1S/C32H45NO4/c1-20-21-8-9-24-30(4,22(21)18-23(34)26(20)35)13-15-32(6)25-19-29(3,27(36)33-16-17-37-7)11-10-28(25,2)12-14-31(24,32)5/h8-9,18,25,34-35H,1,10-17,19H2,2-7H3,(H,33,36)/t25-,28-,29-,30+,31-,32+/m1/s1. The van der Waals surface area contributed by atoms with Gasteiger partial charge in [0.25, 0.3) is 0 Å². The van der Waals surface area contributed by atoms with Gasteiger partial charge in [-0.1, -0.05) is 58.9 Å². The maximum absolute atomic E-state index is 13.4. The minimum atomic E-state index is -0.369. The molecule has 6 atom stereocenters. The highest BCUT2D eigenvalue weighted by Crippen LogP contribution is 2.74. The topological polar surface area (TPSA) is 78.8 Å². The van der Waals surface area contributed by atoms with Crippen LogP contribution >= 0.6 is 0 Å². The van der Waals surface area contributed by atoms with E-state index >= 15 is 0 Å². The van der Waals surface area contributed by atoms with Crippen LogP contribution in [0.5, 0.6) is 11.5 Å². The van der Waals surface area contributed by atoms with Gasteiger partial charge >= 0.3 is 0 Å². The van der Waals surface area contributed by atoms with Gasteiger partial charge in [-0.05, 0) is 84.0 Å². The molecule has 3 N–H and O–H groups in total. The third-order valence-corrected chi connectivity index (χ3v) is 11.9. The van der Waals surface area contributed by atoms with Crippen LogP contribution in [0.25, 0.3) is 12.7 Å². The molecule has 4 aliphatic rings. The molecule has 4 aliphatic carbocycles. The monoisotopic (exact) mass is 507 g/mol. The van der Waals surface area contributed by atoms with Crippen molar-refractivity contribution in [2.45, 2.75) is 85.0 Å². The number of benzene rings is 1. The van der Waals surface area contributed by atoms with Crippen molar-refractivity contribution in [3.8, 4) is 11.5 Å². The third-order valence-electron chi connectivity index (χ3n) is 11.9. The predicted molar refractivity (Wildman–Crippen MR) is 148 cm³/mol. The summed E-state index contributed by atoms with van der Waals surface area (Å²) in [5.74, 6) is 0.396. The van der Waals surface area contributed by atoms with E-state index in [1.807, 2.05) is 0 Å². The average molecular weight is 508 g/mol. The van der Waals surface area contributed by atoms with E-state index in [0.29, 0.717) is 24.3 Å². The Morgan fingerprint density at radius 3 is 2.46 bits per heavy atom. The van der Waals surface area contributed by atoms with Crippen molar-refractivity contribution in [2.75, 3.05) is 20.3 Å². The van der Waals surface area contributed by atoms with Crippen LogP contribution in [0.3, 0.4) is 0 Å². The molecule has 0 spiro atoms. The molecule has 0 saturated heterocycles. The number of aromatic hydroxyl groups is 2. The lowest BCUT2D eigenvalue weighted by atomic mass is 9.34. The zero-order valence-corrected chi connectivity index (χ0v) is 23.6. The number of amides is 1.